The van der Waals surface area contributed by atoms with Gasteiger partial charge >= 0.3 is 0 Å². The quantitative estimate of drug-likeness (QED) is 0.837. The van der Waals surface area contributed by atoms with Crippen LogP contribution in [0.1, 0.15) is 19.9 Å². The number of ether oxygens (including phenoxy) is 1. The SMILES string of the molecule is COc1ccc(-c2c[nH]c(=S)n2C(C)C)cc1. The van der Waals surface area contributed by atoms with Crippen LogP contribution < -0.4 is 4.74 Å². The molecule has 0 spiro atoms. The first kappa shape index (κ1) is 11.9. The van der Waals surface area contributed by atoms with Gasteiger partial charge in [0, 0.05) is 12.2 Å². The van der Waals surface area contributed by atoms with Gasteiger partial charge in [-0.15, -0.1) is 0 Å². The van der Waals surface area contributed by atoms with E-state index in [2.05, 4.69) is 23.4 Å². The number of imidazole rings is 1. The second kappa shape index (κ2) is 4.75. The lowest BCUT2D eigenvalue weighted by Gasteiger charge is -2.12. The highest BCUT2D eigenvalue weighted by Crippen LogP contribution is 2.25. The number of rotatable bonds is 3. The molecule has 0 bridgehead atoms. The van der Waals surface area contributed by atoms with Crippen LogP contribution in [0.5, 0.6) is 5.75 Å². The highest BCUT2D eigenvalue weighted by atomic mass is 32.1. The maximum absolute atomic E-state index is 5.28. The zero-order valence-electron chi connectivity index (χ0n) is 10.2. The van der Waals surface area contributed by atoms with E-state index in [0.29, 0.717) is 6.04 Å². The molecule has 0 aliphatic rings. The summed E-state index contributed by atoms with van der Waals surface area (Å²) in [6, 6.07) is 8.32. The molecule has 0 saturated carbocycles. The van der Waals surface area contributed by atoms with Crippen molar-refractivity contribution in [3.8, 4) is 17.0 Å². The predicted octanol–water partition coefficient (Wildman–Crippen LogP) is 3.80. The van der Waals surface area contributed by atoms with Crippen LogP contribution in [0.15, 0.2) is 30.5 Å². The topological polar surface area (TPSA) is 29.9 Å². The maximum atomic E-state index is 5.28. The van der Waals surface area contributed by atoms with E-state index >= 15 is 0 Å². The molecule has 1 aromatic carbocycles. The third kappa shape index (κ3) is 2.26. The van der Waals surface area contributed by atoms with Crippen molar-refractivity contribution in [3.63, 3.8) is 0 Å². The van der Waals surface area contributed by atoms with E-state index in [4.69, 9.17) is 17.0 Å². The lowest BCUT2D eigenvalue weighted by Crippen LogP contribution is -2.02. The van der Waals surface area contributed by atoms with Crippen molar-refractivity contribution in [1.29, 1.82) is 0 Å². The zero-order chi connectivity index (χ0) is 12.4. The Balaban J connectivity index is 2.49. The average Bonchev–Trinajstić information content (AvgIpc) is 2.71. The molecule has 0 atom stereocenters. The molecule has 3 nitrogen and oxygen atoms in total. The van der Waals surface area contributed by atoms with Gasteiger partial charge < -0.3 is 14.3 Å². The lowest BCUT2D eigenvalue weighted by molar-refractivity contribution is 0.415. The van der Waals surface area contributed by atoms with Crippen molar-refractivity contribution >= 4 is 12.2 Å². The Bertz CT molecular complexity index is 552. The van der Waals surface area contributed by atoms with Crippen molar-refractivity contribution in [2.45, 2.75) is 19.9 Å². The van der Waals surface area contributed by atoms with Gasteiger partial charge in [0.05, 0.1) is 12.8 Å². The summed E-state index contributed by atoms with van der Waals surface area (Å²) in [6.45, 7) is 4.24. The minimum atomic E-state index is 0.339. The molecule has 90 valence electrons. The van der Waals surface area contributed by atoms with Crippen molar-refractivity contribution in [2.75, 3.05) is 7.11 Å². The molecule has 0 aliphatic heterocycles. The van der Waals surface area contributed by atoms with Gasteiger partial charge in [-0.1, -0.05) is 0 Å². The van der Waals surface area contributed by atoms with Crippen LogP contribution in [0.25, 0.3) is 11.3 Å². The summed E-state index contributed by atoms with van der Waals surface area (Å²) in [5.74, 6) is 0.860. The van der Waals surface area contributed by atoms with Crippen LogP contribution >= 0.6 is 12.2 Å². The van der Waals surface area contributed by atoms with Gasteiger partial charge in [0.15, 0.2) is 4.77 Å². The van der Waals surface area contributed by atoms with Crippen LogP contribution in [0.4, 0.5) is 0 Å². The summed E-state index contributed by atoms with van der Waals surface area (Å²) in [6.07, 6.45) is 1.95. The van der Waals surface area contributed by atoms with Crippen LogP contribution in [0, 0.1) is 4.77 Å². The average molecular weight is 248 g/mol. The summed E-state index contributed by atoms with van der Waals surface area (Å²) in [5, 5.41) is 0. The zero-order valence-corrected chi connectivity index (χ0v) is 11.0. The summed E-state index contributed by atoms with van der Waals surface area (Å²) < 4.78 is 8.02. The maximum Gasteiger partial charge on any atom is 0.177 e. The fraction of sp³-hybridized carbons (Fsp3) is 0.308. The fourth-order valence-electron chi connectivity index (χ4n) is 1.88. The van der Waals surface area contributed by atoms with Gasteiger partial charge in [-0.25, -0.2) is 0 Å². The van der Waals surface area contributed by atoms with Crippen molar-refractivity contribution in [1.82, 2.24) is 9.55 Å². The number of aromatic amines is 1. The van der Waals surface area contributed by atoms with Gasteiger partial charge in [-0.3, -0.25) is 0 Å². The molecule has 1 aromatic heterocycles. The van der Waals surface area contributed by atoms with E-state index in [-0.39, 0.29) is 0 Å². The van der Waals surface area contributed by atoms with E-state index in [1.807, 2.05) is 30.5 Å². The normalized spacial score (nSPS) is 10.8. The standard InChI is InChI=1S/C13H16N2OS/c1-9(2)15-12(8-14-13(15)17)10-4-6-11(16-3)7-5-10/h4-9H,1-3H3,(H,14,17). The Morgan fingerprint density at radius 1 is 1.24 bits per heavy atom. The molecule has 0 saturated heterocycles. The summed E-state index contributed by atoms with van der Waals surface area (Å²) >= 11 is 5.28. The number of hydrogen-bond acceptors (Lipinski definition) is 2. The highest BCUT2D eigenvalue weighted by molar-refractivity contribution is 7.71. The van der Waals surface area contributed by atoms with Gasteiger partial charge in [-0.2, -0.15) is 0 Å². The van der Waals surface area contributed by atoms with Crippen molar-refractivity contribution in [3.05, 3.63) is 35.2 Å². The second-order valence-electron chi connectivity index (χ2n) is 4.17. The Kier molecular flexibility index (Phi) is 3.33. The van der Waals surface area contributed by atoms with E-state index < -0.39 is 0 Å². The molecule has 1 N–H and O–H groups in total. The number of nitrogens with one attached hydrogen (secondary N) is 1. The lowest BCUT2D eigenvalue weighted by atomic mass is 10.1. The Morgan fingerprint density at radius 3 is 2.41 bits per heavy atom. The summed E-state index contributed by atoms with van der Waals surface area (Å²) in [5.41, 5.74) is 2.24. The van der Waals surface area contributed by atoms with E-state index in [1.165, 1.54) is 0 Å². The molecular formula is C13H16N2OS. The smallest absolute Gasteiger partial charge is 0.177 e. The monoisotopic (exact) mass is 248 g/mol. The van der Waals surface area contributed by atoms with Gasteiger partial charge in [0.25, 0.3) is 0 Å². The molecule has 0 radical (unpaired) electrons. The molecule has 0 amide bonds. The number of H-pyrrole nitrogens is 1. The molecule has 17 heavy (non-hydrogen) atoms. The molecule has 0 unspecified atom stereocenters. The summed E-state index contributed by atoms with van der Waals surface area (Å²) in [4.78, 5) is 3.09. The number of benzene rings is 1. The van der Waals surface area contributed by atoms with Crippen LogP contribution in [-0.4, -0.2) is 16.7 Å². The number of aromatic nitrogens is 2. The Labute approximate surface area is 106 Å². The highest BCUT2D eigenvalue weighted by Gasteiger charge is 2.09. The molecule has 0 aliphatic carbocycles. The summed E-state index contributed by atoms with van der Waals surface area (Å²) in [7, 11) is 1.67. The van der Waals surface area contributed by atoms with Crippen LogP contribution in [0.2, 0.25) is 0 Å². The van der Waals surface area contributed by atoms with Crippen molar-refractivity contribution < 1.29 is 4.74 Å². The molecule has 4 heteroatoms. The number of methoxy groups -OCH3 is 1. The Morgan fingerprint density at radius 2 is 1.88 bits per heavy atom. The first-order chi connectivity index (χ1) is 8.13. The van der Waals surface area contributed by atoms with E-state index in [9.17, 15) is 0 Å². The first-order valence-corrected chi connectivity index (χ1v) is 5.98. The molecule has 0 fully saturated rings. The van der Waals surface area contributed by atoms with Gasteiger partial charge in [0.2, 0.25) is 0 Å². The minimum Gasteiger partial charge on any atom is -0.497 e. The third-order valence-electron chi connectivity index (χ3n) is 2.71. The minimum absolute atomic E-state index is 0.339. The third-order valence-corrected chi connectivity index (χ3v) is 3.03. The van der Waals surface area contributed by atoms with Gasteiger partial charge in [0.1, 0.15) is 5.75 Å². The Hall–Kier alpha value is -1.55. The van der Waals surface area contributed by atoms with E-state index in [0.717, 1.165) is 21.8 Å². The second-order valence-corrected chi connectivity index (χ2v) is 4.56. The molecule has 2 rings (SSSR count). The van der Waals surface area contributed by atoms with E-state index in [1.54, 1.807) is 7.11 Å². The van der Waals surface area contributed by atoms with Crippen LogP contribution in [0.3, 0.4) is 0 Å². The van der Waals surface area contributed by atoms with Gasteiger partial charge in [-0.05, 0) is 55.9 Å². The first-order valence-electron chi connectivity index (χ1n) is 5.58. The van der Waals surface area contributed by atoms with Crippen LogP contribution in [-0.2, 0) is 0 Å². The molecular weight excluding hydrogens is 232 g/mol. The number of hydrogen-bond donors (Lipinski definition) is 1. The van der Waals surface area contributed by atoms with Crippen molar-refractivity contribution in [2.24, 2.45) is 0 Å². The predicted molar refractivity (Wildman–Crippen MR) is 72.0 cm³/mol. The molecule has 1 heterocycles. The fourth-order valence-corrected chi connectivity index (χ4v) is 2.24. The largest absolute Gasteiger partial charge is 0.497 e. The molecule has 2 aromatic rings. The number of nitrogens with zero attached hydrogens (tertiary/aromatic N) is 1.